The second-order valence-corrected chi connectivity index (χ2v) is 4.20. The molecule has 0 unspecified atom stereocenters. The maximum absolute atomic E-state index is 12.1. The summed E-state index contributed by atoms with van der Waals surface area (Å²) in [6, 6.07) is 1.02. The molecule has 1 rings (SSSR count). The number of aromatic nitrogens is 1. The first-order chi connectivity index (χ1) is 8.23. The van der Waals surface area contributed by atoms with Crippen LogP contribution in [0.25, 0.3) is 0 Å². The van der Waals surface area contributed by atoms with Gasteiger partial charge in [-0.15, -0.1) is 13.2 Å². The average molecular weight is 377 g/mol. The molecular formula is C9H7F3INO4. The molecule has 5 nitrogen and oxygen atoms in total. The molecule has 0 aliphatic carbocycles. The van der Waals surface area contributed by atoms with E-state index in [9.17, 15) is 23.1 Å². The summed E-state index contributed by atoms with van der Waals surface area (Å²) >= 11 is 1.52. The molecule has 9 heteroatoms. The number of alkyl halides is 3. The molecule has 0 spiro atoms. The van der Waals surface area contributed by atoms with E-state index in [1.54, 1.807) is 0 Å². The third kappa shape index (κ3) is 4.20. The van der Waals surface area contributed by atoms with Crippen LogP contribution in [0.4, 0.5) is 13.2 Å². The average Bonchev–Trinajstić information content (AvgIpc) is 2.23. The Morgan fingerprint density at radius 1 is 1.56 bits per heavy atom. The largest absolute Gasteiger partial charge is 0.574 e. The Hall–Kier alpha value is -1.26. The second-order valence-electron chi connectivity index (χ2n) is 3.04. The van der Waals surface area contributed by atoms with Crippen LogP contribution in [0.3, 0.4) is 0 Å². The first-order valence-corrected chi connectivity index (χ1v) is 5.51. The van der Waals surface area contributed by atoms with Crippen LogP contribution in [0.15, 0.2) is 6.07 Å². The van der Waals surface area contributed by atoms with Crippen molar-refractivity contribution < 1.29 is 32.5 Å². The molecule has 0 saturated carbocycles. The Labute approximate surface area is 113 Å². The van der Waals surface area contributed by atoms with Crippen molar-refractivity contribution in [2.24, 2.45) is 0 Å². The Bertz CT molecular complexity index is 464. The van der Waals surface area contributed by atoms with Gasteiger partial charge in [-0.05, 0) is 22.6 Å². The summed E-state index contributed by atoms with van der Waals surface area (Å²) in [4.78, 5) is 14.4. The first-order valence-electron chi connectivity index (χ1n) is 4.44. The summed E-state index contributed by atoms with van der Waals surface area (Å²) in [5, 5.41) is 9.45. The Kier molecular flexibility index (Phi) is 4.59. The number of methoxy groups -OCH3 is 1. The van der Waals surface area contributed by atoms with Crippen LogP contribution in [0.5, 0.6) is 11.6 Å². The number of ether oxygens (including phenoxy) is 2. The molecule has 18 heavy (non-hydrogen) atoms. The van der Waals surface area contributed by atoms with Gasteiger partial charge in [0.2, 0.25) is 5.88 Å². The molecule has 0 aliphatic rings. The number of halogens is 4. The minimum atomic E-state index is -4.90. The fourth-order valence-electron chi connectivity index (χ4n) is 1.02. The van der Waals surface area contributed by atoms with Crippen molar-refractivity contribution in [2.75, 3.05) is 7.11 Å². The minimum Gasteiger partial charge on any atom is -0.506 e. The molecule has 1 heterocycles. The van der Waals surface area contributed by atoms with Gasteiger partial charge < -0.3 is 14.6 Å². The Morgan fingerprint density at radius 3 is 2.67 bits per heavy atom. The molecule has 0 aliphatic heterocycles. The van der Waals surface area contributed by atoms with Crippen molar-refractivity contribution >= 4 is 28.6 Å². The van der Waals surface area contributed by atoms with Gasteiger partial charge in [0.1, 0.15) is 5.75 Å². The van der Waals surface area contributed by atoms with E-state index in [1.807, 2.05) is 0 Å². The first kappa shape index (κ1) is 14.8. The number of pyridine rings is 1. The van der Waals surface area contributed by atoms with E-state index >= 15 is 0 Å². The third-order valence-electron chi connectivity index (χ3n) is 1.75. The molecule has 0 aromatic carbocycles. The van der Waals surface area contributed by atoms with Crippen molar-refractivity contribution in [1.82, 2.24) is 4.98 Å². The van der Waals surface area contributed by atoms with Crippen LogP contribution < -0.4 is 4.74 Å². The molecule has 1 aromatic rings. The number of nitrogens with zero attached hydrogens (tertiary/aromatic N) is 1. The van der Waals surface area contributed by atoms with Crippen molar-refractivity contribution in [3.63, 3.8) is 0 Å². The zero-order chi connectivity index (χ0) is 13.9. The van der Waals surface area contributed by atoms with Gasteiger partial charge in [-0.2, -0.15) is 0 Å². The fraction of sp³-hybridized carbons (Fsp3) is 0.333. The van der Waals surface area contributed by atoms with Crippen LogP contribution in [0.1, 0.15) is 5.69 Å². The Balaban J connectivity index is 3.06. The summed E-state index contributed by atoms with van der Waals surface area (Å²) in [5.74, 6) is -1.86. The number of aromatic hydroxyl groups is 1. The lowest BCUT2D eigenvalue weighted by molar-refractivity contribution is -0.276. The van der Waals surface area contributed by atoms with Crippen LogP contribution in [-0.2, 0) is 16.0 Å². The van der Waals surface area contributed by atoms with E-state index in [0.717, 1.165) is 13.2 Å². The molecule has 1 N–H and O–H groups in total. The zero-order valence-corrected chi connectivity index (χ0v) is 11.1. The number of carbonyl (C=O) groups is 1. The summed E-state index contributed by atoms with van der Waals surface area (Å²) in [5.41, 5.74) is -0.249. The quantitative estimate of drug-likeness (QED) is 0.645. The van der Waals surface area contributed by atoms with Gasteiger partial charge in [0.25, 0.3) is 0 Å². The predicted molar refractivity (Wildman–Crippen MR) is 61.0 cm³/mol. The molecule has 0 saturated heterocycles. The third-order valence-corrected chi connectivity index (χ3v) is 2.52. The lowest BCUT2D eigenvalue weighted by Crippen LogP contribution is -2.19. The van der Waals surface area contributed by atoms with Crippen LogP contribution in [0.2, 0.25) is 0 Å². The van der Waals surface area contributed by atoms with Gasteiger partial charge >= 0.3 is 12.3 Å². The molecule has 0 amide bonds. The lowest BCUT2D eigenvalue weighted by Gasteiger charge is -2.11. The van der Waals surface area contributed by atoms with Crippen molar-refractivity contribution in [3.8, 4) is 11.6 Å². The summed E-state index contributed by atoms with van der Waals surface area (Å²) in [7, 11) is 1.11. The summed E-state index contributed by atoms with van der Waals surface area (Å²) < 4.78 is 44.1. The number of rotatable bonds is 3. The van der Waals surface area contributed by atoms with Crippen molar-refractivity contribution in [2.45, 2.75) is 12.8 Å². The topological polar surface area (TPSA) is 68.7 Å². The molecule has 0 atom stereocenters. The molecule has 100 valence electrons. The second kappa shape index (κ2) is 5.59. The minimum absolute atomic E-state index is 0.0314. The molecule has 0 fully saturated rings. The molecule has 0 bridgehead atoms. The van der Waals surface area contributed by atoms with Gasteiger partial charge in [0, 0.05) is 6.07 Å². The molecule has 0 radical (unpaired) electrons. The normalized spacial score (nSPS) is 11.2. The lowest BCUT2D eigenvalue weighted by atomic mass is 10.2. The standard InChI is InChI=1S/C9H7F3INO4/c1-17-7(16)3-5-6(15)2-4(13)8(14-5)18-9(10,11)12/h2,15H,3H2,1H3. The number of carbonyl (C=O) groups excluding carboxylic acids is 1. The highest BCUT2D eigenvalue weighted by Gasteiger charge is 2.33. The maximum atomic E-state index is 12.1. The van der Waals surface area contributed by atoms with E-state index in [1.165, 1.54) is 22.6 Å². The van der Waals surface area contributed by atoms with E-state index in [-0.39, 0.29) is 9.26 Å². The number of hydrogen-bond acceptors (Lipinski definition) is 5. The zero-order valence-electron chi connectivity index (χ0n) is 8.92. The predicted octanol–water partition coefficient (Wildman–Crippen LogP) is 2.01. The van der Waals surface area contributed by atoms with E-state index in [0.29, 0.717) is 0 Å². The summed E-state index contributed by atoms with van der Waals surface area (Å²) in [6.45, 7) is 0. The highest BCUT2D eigenvalue weighted by molar-refractivity contribution is 14.1. The van der Waals surface area contributed by atoms with Crippen molar-refractivity contribution in [3.05, 3.63) is 15.3 Å². The monoisotopic (exact) mass is 377 g/mol. The fourth-order valence-corrected chi connectivity index (χ4v) is 1.54. The van der Waals surface area contributed by atoms with Gasteiger partial charge in [0.05, 0.1) is 22.8 Å². The SMILES string of the molecule is COC(=O)Cc1nc(OC(F)(F)F)c(I)cc1O. The van der Waals surface area contributed by atoms with Gasteiger partial charge in [-0.25, -0.2) is 4.98 Å². The highest BCUT2D eigenvalue weighted by Crippen LogP contribution is 2.30. The van der Waals surface area contributed by atoms with Crippen LogP contribution in [-0.4, -0.2) is 29.5 Å². The van der Waals surface area contributed by atoms with Gasteiger partial charge in [-0.3, -0.25) is 4.79 Å². The Morgan fingerprint density at radius 2 is 2.17 bits per heavy atom. The van der Waals surface area contributed by atoms with E-state index in [2.05, 4.69) is 14.5 Å². The van der Waals surface area contributed by atoms with Gasteiger partial charge in [-0.1, -0.05) is 0 Å². The van der Waals surface area contributed by atoms with Crippen LogP contribution in [0, 0.1) is 3.57 Å². The number of hydrogen-bond donors (Lipinski definition) is 1. The molecular weight excluding hydrogens is 370 g/mol. The maximum Gasteiger partial charge on any atom is 0.574 e. The van der Waals surface area contributed by atoms with Crippen LogP contribution >= 0.6 is 22.6 Å². The van der Waals surface area contributed by atoms with Crippen molar-refractivity contribution in [1.29, 1.82) is 0 Å². The van der Waals surface area contributed by atoms with E-state index in [4.69, 9.17) is 0 Å². The number of esters is 1. The highest BCUT2D eigenvalue weighted by atomic mass is 127. The smallest absolute Gasteiger partial charge is 0.506 e. The van der Waals surface area contributed by atoms with Gasteiger partial charge in [0.15, 0.2) is 0 Å². The van der Waals surface area contributed by atoms with E-state index < -0.39 is 30.4 Å². The molecule has 1 aromatic heterocycles. The summed E-state index contributed by atoms with van der Waals surface area (Å²) in [6.07, 6.45) is -5.35.